The molecule has 0 atom stereocenters. The molecule has 124 valence electrons. The van der Waals surface area contributed by atoms with E-state index < -0.39 is 0 Å². The predicted octanol–water partition coefficient (Wildman–Crippen LogP) is 5.07. The second kappa shape index (κ2) is 6.66. The summed E-state index contributed by atoms with van der Waals surface area (Å²) in [5.41, 5.74) is 1.44. The average molecular weight is 416 g/mol. The number of rotatable bonds is 4. The highest BCUT2D eigenvalue weighted by Gasteiger charge is 2.13. The van der Waals surface area contributed by atoms with E-state index in [1.54, 1.807) is 24.3 Å². The number of halogens is 1. The Morgan fingerprint density at radius 1 is 1.12 bits per heavy atom. The van der Waals surface area contributed by atoms with Crippen LogP contribution in [0.5, 0.6) is 0 Å². The molecule has 1 N–H and O–H groups in total. The van der Waals surface area contributed by atoms with Crippen molar-refractivity contribution in [1.82, 2.24) is 10.1 Å². The summed E-state index contributed by atoms with van der Waals surface area (Å²) in [5, 5.41) is 8.71. The van der Waals surface area contributed by atoms with Crippen LogP contribution in [0.2, 0.25) is 0 Å². The molecule has 8 heteroatoms. The van der Waals surface area contributed by atoms with Crippen molar-refractivity contribution in [2.75, 3.05) is 5.32 Å². The summed E-state index contributed by atoms with van der Waals surface area (Å²) in [5.74, 6) is 0.898. The Hall–Kier alpha value is -2.71. The number of nitrogens with zero attached hydrogens (tertiary/aromatic N) is 2. The lowest BCUT2D eigenvalue weighted by atomic mass is 10.2. The van der Waals surface area contributed by atoms with Gasteiger partial charge >= 0.3 is 0 Å². The zero-order valence-corrected chi connectivity index (χ0v) is 15.0. The summed E-state index contributed by atoms with van der Waals surface area (Å²) < 4.78 is 11.0. The van der Waals surface area contributed by atoms with E-state index in [1.807, 2.05) is 29.6 Å². The maximum atomic E-state index is 12.1. The number of anilines is 1. The molecular weight excluding hydrogens is 406 g/mol. The number of carbonyl (C=O) groups is 1. The van der Waals surface area contributed by atoms with Crippen molar-refractivity contribution in [3.63, 3.8) is 0 Å². The highest BCUT2D eigenvalue weighted by atomic mass is 79.9. The fraction of sp³-hybridized carbons (Fsp3) is 0. The number of nitrogens with one attached hydrogen (secondary N) is 1. The van der Waals surface area contributed by atoms with Crippen molar-refractivity contribution in [2.24, 2.45) is 0 Å². The second-order valence-corrected chi connectivity index (χ2v) is 6.76. The van der Waals surface area contributed by atoms with Gasteiger partial charge in [0.2, 0.25) is 5.82 Å². The van der Waals surface area contributed by atoms with Crippen LogP contribution in [-0.2, 0) is 0 Å². The van der Waals surface area contributed by atoms with Crippen molar-refractivity contribution in [3.8, 4) is 22.2 Å². The van der Waals surface area contributed by atoms with Crippen LogP contribution in [0.15, 0.2) is 67.5 Å². The highest BCUT2D eigenvalue weighted by Crippen LogP contribution is 2.26. The van der Waals surface area contributed by atoms with E-state index in [0.717, 1.165) is 10.4 Å². The Kier molecular flexibility index (Phi) is 4.21. The van der Waals surface area contributed by atoms with Gasteiger partial charge in [0.1, 0.15) is 0 Å². The van der Waals surface area contributed by atoms with Crippen LogP contribution in [0.25, 0.3) is 22.2 Å². The van der Waals surface area contributed by atoms with Gasteiger partial charge in [0.25, 0.3) is 11.8 Å². The molecule has 0 spiro atoms. The molecule has 4 rings (SSSR count). The zero-order chi connectivity index (χ0) is 17.2. The van der Waals surface area contributed by atoms with Crippen molar-refractivity contribution in [2.45, 2.75) is 0 Å². The largest absolute Gasteiger partial charge is 0.444 e. The quantitative estimate of drug-likeness (QED) is 0.502. The number of furan rings is 1. The molecule has 3 aromatic heterocycles. The molecule has 1 aromatic carbocycles. The minimum Gasteiger partial charge on any atom is -0.444 e. The fourth-order valence-corrected chi connectivity index (χ4v) is 3.12. The molecule has 0 bridgehead atoms. The molecular formula is C17H10BrN3O3S. The molecule has 0 aliphatic rings. The molecule has 0 saturated carbocycles. The van der Waals surface area contributed by atoms with Crippen molar-refractivity contribution >= 4 is 38.9 Å². The molecule has 0 saturated heterocycles. The average Bonchev–Trinajstić information content (AvgIpc) is 3.36. The van der Waals surface area contributed by atoms with E-state index in [-0.39, 0.29) is 11.7 Å². The Bertz CT molecular complexity index is 1010. The number of hydrogen-bond donors (Lipinski definition) is 1. The Morgan fingerprint density at radius 2 is 1.96 bits per heavy atom. The Balaban J connectivity index is 1.49. The van der Waals surface area contributed by atoms with Crippen molar-refractivity contribution in [1.29, 1.82) is 0 Å². The van der Waals surface area contributed by atoms with Crippen LogP contribution in [0.3, 0.4) is 0 Å². The van der Waals surface area contributed by atoms with Gasteiger partial charge in [-0.3, -0.25) is 4.79 Å². The molecule has 0 aliphatic heterocycles. The molecule has 3 heterocycles. The van der Waals surface area contributed by atoms with Crippen LogP contribution in [0, 0.1) is 0 Å². The summed E-state index contributed by atoms with van der Waals surface area (Å²) in [6.07, 6.45) is 0. The minimum absolute atomic E-state index is 0.231. The highest BCUT2D eigenvalue weighted by molar-refractivity contribution is 9.10. The maximum Gasteiger partial charge on any atom is 0.291 e. The summed E-state index contributed by atoms with van der Waals surface area (Å²) in [4.78, 5) is 17.4. The normalized spacial score (nSPS) is 10.8. The van der Waals surface area contributed by atoms with Gasteiger partial charge < -0.3 is 14.3 Å². The number of amides is 1. The Morgan fingerprint density at radius 3 is 2.64 bits per heavy atom. The van der Waals surface area contributed by atoms with E-state index in [9.17, 15) is 4.79 Å². The minimum atomic E-state index is -0.321. The van der Waals surface area contributed by atoms with Crippen LogP contribution < -0.4 is 5.32 Å². The standard InChI is InChI=1S/C17H10BrN3O3S/c18-14-8-7-12(23-14)16(22)19-11-5-3-10(4-6-11)15-20-17(24-21-15)13-2-1-9-25-13/h1-9H,(H,19,22). The van der Waals surface area contributed by atoms with Gasteiger partial charge in [-0.25, -0.2) is 0 Å². The molecule has 0 unspecified atom stereocenters. The number of hydrogen-bond acceptors (Lipinski definition) is 6. The van der Waals surface area contributed by atoms with E-state index in [1.165, 1.54) is 11.3 Å². The Labute approximate surface area is 154 Å². The van der Waals surface area contributed by atoms with E-state index in [2.05, 4.69) is 31.4 Å². The fourth-order valence-electron chi connectivity index (χ4n) is 2.17. The third kappa shape index (κ3) is 3.40. The van der Waals surface area contributed by atoms with Gasteiger partial charge in [0.05, 0.1) is 4.88 Å². The van der Waals surface area contributed by atoms with Crippen LogP contribution in [-0.4, -0.2) is 16.0 Å². The first-order valence-electron chi connectivity index (χ1n) is 7.24. The van der Waals surface area contributed by atoms with Crippen LogP contribution >= 0.6 is 27.3 Å². The van der Waals surface area contributed by atoms with Gasteiger partial charge in [0, 0.05) is 11.3 Å². The molecule has 0 radical (unpaired) electrons. The first-order chi connectivity index (χ1) is 12.2. The third-order valence-electron chi connectivity index (χ3n) is 3.36. The number of aromatic nitrogens is 2. The monoisotopic (exact) mass is 415 g/mol. The topological polar surface area (TPSA) is 81.2 Å². The van der Waals surface area contributed by atoms with Gasteiger partial charge in [0.15, 0.2) is 10.4 Å². The van der Waals surface area contributed by atoms with E-state index in [4.69, 9.17) is 8.94 Å². The van der Waals surface area contributed by atoms with Crippen LogP contribution in [0.1, 0.15) is 10.6 Å². The first kappa shape index (κ1) is 15.8. The van der Waals surface area contributed by atoms with Crippen molar-refractivity contribution < 1.29 is 13.7 Å². The molecule has 4 aromatic rings. The molecule has 25 heavy (non-hydrogen) atoms. The number of thiophene rings is 1. The summed E-state index contributed by atoms with van der Waals surface area (Å²) in [6.45, 7) is 0. The van der Waals surface area contributed by atoms with Gasteiger partial charge in [-0.1, -0.05) is 11.2 Å². The van der Waals surface area contributed by atoms with Gasteiger partial charge in [-0.2, -0.15) is 4.98 Å². The lowest BCUT2D eigenvalue weighted by Gasteiger charge is -2.03. The van der Waals surface area contributed by atoms with Crippen LogP contribution in [0.4, 0.5) is 5.69 Å². The van der Waals surface area contributed by atoms with Gasteiger partial charge in [-0.15, -0.1) is 11.3 Å². The van der Waals surface area contributed by atoms with Crippen molar-refractivity contribution in [3.05, 3.63) is 64.3 Å². The predicted molar refractivity (Wildman–Crippen MR) is 97.4 cm³/mol. The van der Waals surface area contributed by atoms with Gasteiger partial charge in [-0.05, 0) is 63.8 Å². The van der Waals surface area contributed by atoms with E-state index >= 15 is 0 Å². The lowest BCUT2D eigenvalue weighted by Crippen LogP contribution is -2.10. The SMILES string of the molecule is O=C(Nc1ccc(-c2noc(-c3cccs3)n2)cc1)c1ccc(Br)o1. The zero-order valence-electron chi connectivity index (χ0n) is 12.6. The molecule has 6 nitrogen and oxygen atoms in total. The summed E-state index contributed by atoms with van der Waals surface area (Å²) in [7, 11) is 0. The first-order valence-corrected chi connectivity index (χ1v) is 8.91. The number of benzene rings is 1. The molecule has 0 aliphatic carbocycles. The molecule has 1 amide bonds. The number of carbonyl (C=O) groups excluding carboxylic acids is 1. The maximum absolute atomic E-state index is 12.1. The third-order valence-corrected chi connectivity index (χ3v) is 4.64. The molecule has 0 fully saturated rings. The van der Waals surface area contributed by atoms with E-state index in [0.29, 0.717) is 22.1 Å². The second-order valence-electron chi connectivity index (χ2n) is 5.04. The smallest absolute Gasteiger partial charge is 0.291 e. The lowest BCUT2D eigenvalue weighted by molar-refractivity contribution is 0.0995. The summed E-state index contributed by atoms with van der Waals surface area (Å²) in [6, 6.07) is 14.3. The summed E-state index contributed by atoms with van der Waals surface area (Å²) >= 11 is 4.71.